The van der Waals surface area contributed by atoms with Crippen molar-refractivity contribution in [2.45, 2.75) is 71.1 Å². The van der Waals surface area contributed by atoms with Gasteiger partial charge in [0.1, 0.15) is 34.9 Å². The topological polar surface area (TPSA) is 161 Å². The first kappa shape index (κ1) is 31.3. The maximum atomic E-state index is 15.4. The third-order valence-electron chi connectivity index (χ3n) is 8.75. The van der Waals surface area contributed by atoms with Gasteiger partial charge in [0.2, 0.25) is 0 Å². The van der Waals surface area contributed by atoms with Gasteiger partial charge in [0.05, 0.1) is 39.4 Å². The number of amides is 2. The molecule has 2 aromatic carbocycles. The molecular weight excluding hydrogens is 651 g/mol. The predicted molar refractivity (Wildman–Crippen MR) is 173 cm³/mol. The number of ether oxygens (including phenoxy) is 2. The number of fused-ring (bicyclic) bond motifs is 6. The molecule has 0 aliphatic carbocycles. The molecule has 0 spiro atoms. The number of carbonyl (C=O) groups excluding carboxylic acids is 1. The minimum Gasteiger partial charge on any atom is -0.465 e. The number of carbonyl (C=O) groups is 2. The maximum absolute atomic E-state index is 15.4. The van der Waals surface area contributed by atoms with E-state index in [1.165, 1.54) is 11.0 Å². The van der Waals surface area contributed by atoms with Gasteiger partial charge in [-0.3, -0.25) is 5.32 Å². The summed E-state index contributed by atoms with van der Waals surface area (Å²) in [6.07, 6.45) is -0.186. The van der Waals surface area contributed by atoms with Gasteiger partial charge in [-0.1, -0.05) is 17.7 Å². The van der Waals surface area contributed by atoms with Crippen LogP contribution >= 0.6 is 22.9 Å². The number of aliphatic hydroxyl groups excluding tert-OH is 1. The Morgan fingerprint density at radius 2 is 1.89 bits per heavy atom. The predicted octanol–water partition coefficient (Wildman–Crippen LogP) is 6.38. The van der Waals surface area contributed by atoms with Gasteiger partial charge in [-0.2, -0.15) is 5.26 Å². The van der Waals surface area contributed by atoms with Crippen LogP contribution in [0.2, 0.25) is 5.02 Å². The Balaban J connectivity index is 1.44. The van der Waals surface area contributed by atoms with Crippen molar-refractivity contribution >= 4 is 66.9 Å². The second kappa shape index (κ2) is 11.4. The van der Waals surface area contributed by atoms with Crippen LogP contribution in [0.3, 0.4) is 0 Å². The Kier molecular flexibility index (Phi) is 7.63. The quantitative estimate of drug-likeness (QED) is 0.221. The first-order valence-corrected chi connectivity index (χ1v) is 16.2. The fraction of sp³-hybridized carbons (Fsp3) is 0.406. The van der Waals surface area contributed by atoms with E-state index in [9.17, 15) is 25.1 Å². The Bertz CT molecular complexity index is 2030. The number of thiophene rings is 1. The van der Waals surface area contributed by atoms with Crippen LogP contribution in [0.15, 0.2) is 12.1 Å². The molecule has 3 N–H and O–H groups in total. The second-order valence-corrected chi connectivity index (χ2v) is 14.2. The molecule has 12 nitrogen and oxygen atoms in total. The second-order valence-electron chi connectivity index (χ2n) is 12.8. The van der Waals surface area contributed by atoms with Gasteiger partial charge in [0.25, 0.3) is 0 Å². The molecule has 3 aliphatic rings. The number of anilines is 2. The van der Waals surface area contributed by atoms with Crippen molar-refractivity contribution in [2.24, 2.45) is 0 Å². The van der Waals surface area contributed by atoms with E-state index in [-0.39, 0.29) is 56.8 Å². The van der Waals surface area contributed by atoms with Crippen LogP contribution in [0.5, 0.6) is 0 Å². The zero-order chi connectivity index (χ0) is 33.4. The Morgan fingerprint density at radius 1 is 1.19 bits per heavy atom. The summed E-state index contributed by atoms with van der Waals surface area (Å²) < 4.78 is 26.9. The molecule has 0 radical (unpaired) electrons. The highest BCUT2D eigenvalue weighted by Crippen LogP contribution is 2.50. The molecule has 2 atom stereocenters. The number of piperazine rings is 1. The monoisotopic (exact) mass is 680 g/mol. The lowest BCUT2D eigenvalue weighted by atomic mass is 9.90. The van der Waals surface area contributed by atoms with Crippen molar-refractivity contribution in [1.29, 1.82) is 5.26 Å². The lowest BCUT2D eigenvalue weighted by molar-refractivity contribution is 0.0636. The van der Waals surface area contributed by atoms with E-state index in [0.717, 1.165) is 35.3 Å². The van der Waals surface area contributed by atoms with E-state index < -0.39 is 30.2 Å². The van der Waals surface area contributed by atoms with Gasteiger partial charge in [0.15, 0.2) is 5.82 Å². The highest BCUT2D eigenvalue weighted by molar-refractivity contribution is 7.23. The minimum absolute atomic E-state index is 0.0569. The molecule has 244 valence electrons. The van der Waals surface area contributed by atoms with E-state index in [1.54, 1.807) is 26.8 Å². The molecule has 3 aliphatic heterocycles. The smallest absolute Gasteiger partial charge is 0.412 e. The standard InChI is InChI=1S/C32H30ClFN6O6S/c1-32(2,3)46-30(42)38-29-17(8-35)23-16(6-7-20(34)27(23)47-29)22-18-12-45-13-19(18)24-26(25(22)33)36-21(11-41)37-28(24)40-14-4-5-15(40)10-39(9-14)31(43)44/h6-7,14-15,41H,4-5,9-13H2,1-3H3,(H,38,42)(H,43,44). The Hall–Kier alpha value is -4.29. The lowest BCUT2D eigenvalue weighted by Crippen LogP contribution is -2.55. The highest BCUT2D eigenvalue weighted by Gasteiger charge is 2.44. The average molecular weight is 681 g/mol. The summed E-state index contributed by atoms with van der Waals surface area (Å²) in [4.78, 5) is 37.4. The highest BCUT2D eigenvalue weighted by atomic mass is 35.5. The summed E-state index contributed by atoms with van der Waals surface area (Å²) in [6.45, 7) is 5.69. The fourth-order valence-electron chi connectivity index (χ4n) is 6.97. The average Bonchev–Trinajstić information content (AvgIpc) is 3.70. The van der Waals surface area contributed by atoms with Gasteiger partial charge in [0, 0.05) is 36.1 Å². The van der Waals surface area contributed by atoms with Crippen LogP contribution in [0.25, 0.3) is 32.1 Å². The number of hydrogen-bond acceptors (Lipinski definition) is 10. The van der Waals surface area contributed by atoms with E-state index in [1.807, 2.05) is 0 Å². The minimum atomic E-state index is -0.965. The van der Waals surface area contributed by atoms with Crippen LogP contribution in [-0.4, -0.2) is 68.0 Å². The molecular formula is C32H30ClFN6O6S. The third-order valence-corrected chi connectivity index (χ3v) is 10.2. The number of nitrogens with zero attached hydrogens (tertiary/aromatic N) is 5. The van der Waals surface area contributed by atoms with E-state index in [0.29, 0.717) is 40.9 Å². The molecule has 5 heterocycles. The number of rotatable bonds is 4. The SMILES string of the molecule is CC(C)(C)OC(=O)Nc1sc2c(F)ccc(-c3c4c(c5c(N6C7CCC6CN(C(=O)O)C7)nc(CO)nc5c3Cl)COC4)c2c1C#N. The van der Waals surface area contributed by atoms with Crippen LogP contribution in [0, 0.1) is 17.1 Å². The van der Waals surface area contributed by atoms with Crippen molar-refractivity contribution in [2.75, 3.05) is 23.3 Å². The van der Waals surface area contributed by atoms with E-state index >= 15 is 4.39 Å². The van der Waals surface area contributed by atoms with Crippen molar-refractivity contribution in [3.63, 3.8) is 0 Å². The number of nitriles is 1. The summed E-state index contributed by atoms with van der Waals surface area (Å²) in [5.41, 5.74) is 2.09. The normalized spacial score (nSPS) is 18.9. The number of aliphatic hydroxyl groups is 1. The number of benzene rings is 2. The molecule has 15 heteroatoms. The number of likely N-dealkylation sites (tertiary alicyclic amines) is 1. The Morgan fingerprint density at radius 3 is 2.53 bits per heavy atom. The number of aromatic nitrogens is 2. The zero-order valence-electron chi connectivity index (χ0n) is 25.7. The molecule has 47 heavy (non-hydrogen) atoms. The van der Waals surface area contributed by atoms with Crippen molar-refractivity contribution in [3.05, 3.63) is 45.5 Å². The van der Waals surface area contributed by atoms with E-state index in [2.05, 4.69) is 21.3 Å². The van der Waals surface area contributed by atoms with Gasteiger partial charge >= 0.3 is 12.2 Å². The van der Waals surface area contributed by atoms with Gasteiger partial charge in [-0.25, -0.2) is 23.9 Å². The first-order valence-electron chi connectivity index (χ1n) is 15.0. The zero-order valence-corrected chi connectivity index (χ0v) is 27.3. The van der Waals surface area contributed by atoms with Gasteiger partial charge in [-0.15, -0.1) is 11.3 Å². The molecule has 0 saturated carbocycles. The Labute approximate surface area is 277 Å². The summed E-state index contributed by atoms with van der Waals surface area (Å²) in [6, 6.07) is 4.73. The molecule has 2 aromatic heterocycles. The van der Waals surface area contributed by atoms with Crippen LogP contribution in [-0.2, 0) is 29.3 Å². The summed E-state index contributed by atoms with van der Waals surface area (Å²) in [5.74, 6) is 0.129. The van der Waals surface area contributed by atoms with Crippen molar-refractivity contribution in [3.8, 4) is 17.2 Å². The van der Waals surface area contributed by atoms with Crippen LogP contribution in [0.1, 0.15) is 56.1 Å². The summed E-state index contributed by atoms with van der Waals surface area (Å²) >= 11 is 8.18. The number of nitrogens with one attached hydrogen (secondary N) is 1. The van der Waals surface area contributed by atoms with Crippen LogP contribution < -0.4 is 10.2 Å². The largest absolute Gasteiger partial charge is 0.465 e. The molecule has 2 unspecified atom stereocenters. The van der Waals surface area contributed by atoms with Gasteiger partial charge in [-0.05, 0) is 56.4 Å². The lowest BCUT2D eigenvalue weighted by Gasteiger charge is -2.41. The molecule has 2 bridgehead atoms. The molecule has 2 saturated heterocycles. The molecule has 4 aromatic rings. The maximum Gasteiger partial charge on any atom is 0.412 e. The third kappa shape index (κ3) is 5.18. The summed E-state index contributed by atoms with van der Waals surface area (Å²) in [5, 5.41) is 34.1. The number of halogens is 2. The fourth-order valence-corrected chi connectivity index (χ4v) is 8.39. The molecule has 7 rings (SSSR count). The van der Waals surface area contributed by atoms with Gasteiger partial charge < -0.3 is 29.5 Å². The molecule has 2 fully saturated rings. The summed E-state index contributed by atoms with van der Waals surface area (Å²) in [7, 11) is 0. The number of hydrogen-bond donors (Lipinski definition) is 3. The molecule has 2 amide bonds. The first-order chi connectivity index (χ1) is 22.4. The van der Waals surface area contributed by atoms with E-state index in [4.69, 9.17) is 26.1 Å². The van der Waals surface area contributed by atoms with Crippen LogP contribution in [0.4, 0.5) is 24.8 Å². The number of carboxylic acid groups (broad SMARTS) is 1. The van der Waals surface area contributed by atoms with Crippen molar-refractivity contribution in [1.82, 2.24) is 14.9 Å². The van der Waals surface area contributed by atoms with Crippen molar-refractivity contribution < 1.29 is 33.7 Å².